The summed E-state index contributed by atoms with van der Waals surface area (Å²) in [6, 6.07) is 0. The molecule has 0 fully saturated rings. The predicted octanol–water partition coefficient (Wildman–Crippen LogP) is -0.139. The van der Waals surface area contributed by atoms with E-state index in [9.17, 15) is 19.2 Å². The van der Waals surface area contributed by atoms with E-state index in [2.05, 4.69) is 14.2 Å². The Balaban J connectivity index is 4.65. The summed E-state index contributed by atoms with van der Waals surface area (Å²) >= 11 is 0. The molecule has 1 atom stereocenters. The van der Waals surface area contributed by atoms with Gasteiger partial charge in [-0.25, -0.2) is 0 Å². The average molecular weight is 260 g/mol. The Morgan fingerprint density at radius 2 is 1.56 bits per heavy atom. The molecule has 0 radical (unpaired) electrons. The summed E-state index contributed by atoms with van der Waals surface area (Å²) in [5, 5.41) is 0. The lowest BCUT2D eigenvalue weighted by Gasteiger charge is -2.11. The molecule has 0 heterocycles. The van der Waals surface area contributed by atoms with Crippen LogP contribution in [-0.2, 0) is 33.4 Å². The van der Waals surface area contributed by atoms with Crippen molar-refractivity contribution in [2.45, 2.75) is 19.8 Å². The van der Waals surface area contributed by atoms with Gasteiger partial charge in [-0.3, -0.25) is 19.2 Å². The molecule has 1 unspecified atom stereocenters. The Kier molecular flexibility index (Phi) is 7.34. The third kappa shape index (κ3) is 4.94. The molecule has 0 aromatic rings. The van der Waals surface area contributed by atoms with E-state index in [1.54, 1.807) is 6.92 Å². The number of Topliss-reactive ketones (excluding diaryl/α,β-unsaturated/α-hetero) is 1. The summed E-state index contributed by atoms with van der Waals surface area (Å²) in [5.74, 6) is -4.94. The van der Waals surface area contributed by atoms with Gasteiger partial charge < -0.3 is 14.2 Å². The van der Waals surface area contributed by atoms with Crippen molar-refractivity contribution in [3.63, 3.8) is 0 Å². The second-order valence-electron chi connectivity index (χ2n) is 3.25. The minimum Gasteiger partial charge on any atom is -0.469 e. The lowest BCUT2D eigenvalue weighted by atomic mass is 10.0. The standard InChI is InChI=1S/C11H16O7/c1-4-18-11(15)9(10(14)17-3)7(12)5-6-8(13)16-2/h9H,4-6H2,1-3H3. The monoisotopic (exact) mass is 260 g/mol. The SMILES string of the molecule is CCOC(=O)C(C(=O)CCC(=O)OC)C(=O)OC. The molecule has 0 aliphatic carbocycles. The van der Waals surface area contributed by atoms with E-state index < -0.39 is 29.6 Å². The fraction of sp³-hybridized carbons (Fsp3) is 0.636. The van der Waals surface area contributed by atoms with Crippen molar-refractivity contribution >= 4 is 23.7 Å². The van der Waals surface area contributed by atoms with E-state index >= 15 is 0 Å². The van der Waals surface area contributed by atoms with Crippen molar-refractivity contribution in [1.82, 2.24) is 0 Å². The smallest absolute Gasteiger partial charge is 0.328 e. The normalized spacial score (nSPS) is 11.3. The van der Waals surface area contributed by atoms with Gasteiger partial charge in [0.25, 0.3) is 0 Å². The lowest BCUT2D eigenvalue weighted by molar-refractivity contribution is -0.163. The zero-order valence-corrected chi connectivity index (χ0v) is 10.6. The first kappa shape index (κ1) is 16.1. The summed E-state index contributed by atoms with van der Waals surface area (Å²) < 4.78 is 13.3. The van der Waals surface area contributed by atoms with Gasteiger partial charge in [0.05, 0.1) is 27.2 Å². The molecule has 0 bridgehead atoms. The molecule has 7 nitrogen and oxygen atoms in total. The van der Waals surface area contributed by atoms with Gasteiger partial charge in [-0.2, -0.15) is 0 Å². The minimum absolute atomic E-state index is 0.0383. The maximum absolute atomic E-state index is 11.7. The largest absolute Gasteiger partial charge is 0.469 e. The fourth-order valence-electron chi connectivity index (χ4n) is 1.17. The number of ether oxygens (including phenoxy) is 3. The van der Waals surface area contributed by atoms with Crippen LogP contribution in [0.5, 0.6) is 0 Å². The summed E-state index contributed by atoms with van der Waals surface area (Å²) in [4.78, 5) is 45.3. The highest BCUT2D eigenvalue weighted by molar-refractivity contribution is 6.15. The molecule has 0 spiro atoms. The molecule has 0 saturated heterocycles. The first-order chi connectivity index (χ1) is 8.47. The zero-order valence-electron chi connectivity index (χ0n) is 10.6. The molecular formula is C11H16O7. The quantitative estimate of drug-likeness (QED) is 0.357. The van der Waals surface area contributed by atoms with Crippen molar-refractivity contribution in [2.75, 3.05) is 20.8 Å². The molecule has 102 valence electrons. The Labute approximate surface area is 104 Å². The summed E-state index contributed by atoms with van der Waals surface area (Å²) in [7, 11) is 2.23. The van der Waals surface area contributed by atoms with Gasteiger partial charge in [0, 0.05) is 6.42 Å². The molecule has 0 N–H and O–H groups in total. The minimum atomic E-state index is -1.64. The number of esters is 3. The summed E-state index contributed by atoms with van der Waals surface area (Å²) in [6.07, 6.45) is -0.493. The van der Waals surface area contributed by atoms with Crippen molar-refractivity contribution in [1.29, 1.82) is 0 Å². The van der Waals surface area contributed by atoms with Crippen LogP contribution in [0, 0.1) is 5.92 Å². The molecule has 18 heavy (non-hydrogen) atoms. The van der Waals surface area contributed by atoms with Crippen LogP contribution >= 0.6 is 0 Å². The number of hydrogen-bond acceptors (Lipinski definition) is 7. The van der Waals surface area contributed by atoms with Gasteiger partial charge in [0.1, 0.15) is 0 Å². The first-order valence-electron chi connectivity index (χ1n) is 5.31. The Morgan fingerprint density at radius 3 is 2.00 bits per heavy atom. The van der Waals surface area contributed by atoms with Gasteiger partial charge in [0.2, 0.25) is 5.92 Å². The van der Waals surface area contributed by atoms with Crippen LogP contribution in [-0.4, -0.2) is 44.5 Å². The van der Waals surface area contributed by atoms with Gasteiger partial charge in [-0.05, 0) is 6.92 Å². The topological polar surface area (TPSA) is 96.0 Å². The number of carbonyl (C=O) groups excluding carboxylic acids is 4. The molecule has 0 aliphatic rings. The zero-order chi connectivity index (χ0) is 14.1. The number of ketones is 1. The van der Waals surface area contributed by atoms with E-state index in [-0.39, 0.29) is 19.4 Å². The Hall–Kier alpha value is -1.92. The molecule has 0 rings (SSSR count). The van der Waals surface area contributed by atoms with Crippen molar-refractivity contribution in [2.24, 2.45) is 5.92 Å². The van der Waals surface area contributed by atoms with Crippen molar-refractivity contribution < 1.29 is 33.4 Å². The molecule has 0 aliphatic heterocycles. The molecule has 0 amide bonds. The van der Waals surface area contributed by atoms with Crippen molar-refractivity contribution in [3.8, 4) is 0 Å². The first-order valence-corrected chi connectivity index (χ1v) is 5.31. The summed E-state index contributed by atoms with van der Waals surface area (Å²) in [5.41, 5.74) is 0. The second-order valence-corrected chi connectivity index (χ2v) is 3.25. The predicted molar refractivity (Wildman–Crippen MR) is 58.4 cm³/mol. The van der Waals surface area contributed by atoms with Gasteiger partial charge >= 0.3 is 17.9 Å². The Bertz CT molecular complexity index is 334. The van der Waals surface area contributed by atoms with E-state index in [1.807, 2.05) is 0 Å². The lowest BCUT2D eigenvalue weighted by Crippen LogP contribution is -2.34. The highest BCUT2D eigenvalue weighted by Crippen LogP contribution is 2.09. The van der Waals surface area contributed by atoms with E-state index in [1.165, 1.54) is 7.11 Å². The summed E-state index contributed by atoms with van der Waals surface area (Å²) in [6.45, 7) is 1.59. The second kappa shape index (κ2) is 8.21. The Morgan fingerprint density at radius 1 is 0.944 bits per heavy atom. The van der Waals surface area contributed by atoms with Crippen LogP contribution in [0.1, 0.15) is 19.8 Å². The highest BCUT2D eigenvalue weighted by atomic mass is 16.5. The molecule has 7 heteroatoms. The van der Waals surface area contributed by atoms with Gasteiger partial charge in [-0.15, -0.1) is 0 Å². The number of rotatable bonds is 7. The molecule has 0 saturated carbocycles. The molecule has 0 aromatic heterocycles. The van der Waals surface area contributed by atoms with Crippen LogP contribution in [0.15, 0.2) is 0 Å². The maximum Gasteiger partial charge on any atom is 0.328 e. The molecule has 0 aromatic carbocycles. The third-order valence-corrected chi connectivity index (χ3v) is 2.08. The van der Waals surface area contributed by atoms with Gasteiger partial charge in [0.15, 0.2) is 5.78 Å². The third-order valence-electron chi connectivity index (χ3n) is 2.08. The van der Waals surface area contributed by atoms with Crippen molar-refractivity contribution in [3.05, 3.63) is 0 Å². The van der Waals surface area contributed by atoms with Crippen LogP contribution < -0.4 is 0 Å². The van der Waals surface area contributed by atoms with Crippen LogP contribution in [0.3, 0.4) is 0 Å². The van der Waals surface area contributed by atoms with Gasteiger partial charge in [-0.1, -0.05) is 0 Å². The van der Waals surface area contributed by atoms with E-state index in [0.717, 1.165) is 7.11 Å². The van der Waals surface area contributed by atoms with Crippen LogP contribution in [0.25, 0.3) is 0 Å². The maximum atomic E-state index is 11.7. The van der Waals surface area contributed by atoms with Crippen LogP contribution in [0.2, 0.25) is 0 Å². The average Bonchev–Trinajstić information content (AvgIpc) is 2.36. The highest BCUT2D eigenvalue weighted by Gasteiger charge is 2.36. The van der Waals surface area contributed by atoms with E-state index in [0.29, 0.717) is 0 Å². The number of methoxy groups -OCH3 is 2. The molecular weight excluding hydrogens is 244 g/mol. The number of hydrogen-bond donors (Lipinski definition) is 0. The number of carbonyl (C=O) groups is 4. The van der Waals surface area contributed by atoms with E-state index in [4.69, 9.17) is 0 Å². The van der Waals surface area contributed by atoms with Crippen LogP contribution in [0.4, 0.5) is 0 Å². The fourth-order valence-corrected chi connectivity index (χ4v) is 1.17.